The number of ketones is 1. The van der Waals surface area contributed by atoms with Crippen molar-refractivity contribution in [2.24, 2.45) is 0 Å². The summed E-state index contributed by atoms with van der Waals surface area (Å²) in [5, 5.41) is 4.56. The van der Waals surface area contributed by atoms with Crippen molar-refractivity contribution in [3.8, 4) is 5.75 Å². The Morgan fingerprint density at radius 2 is 2.00 bits per heavy atom. The number of Topliss-reactive ketones (excluding diaryl/α,β-unsaturated/α-hetero) is 1. The number of ether oxygens (including phenoxy) is 2. The van der Waals surface area contributed by atoms with Gasteiger partial charge in [0.15, 0.2) is 0 Å². The first-order valence-electron chi connectivity index (χ1n) is 6.30. The molecule has 0 N–H and O–H groups in total. The molecular weight excluding hydrogens is 294 g/mol. The van der Waals surface area contributed by atoms with Crippen LogP contribution in [0.2, 0.25) is 5.02 Å². The van der Waals surface area contributed by atoms with E-state index in [9.17, 15) is 4.79 Å². The van der Waals surface area contributed by atoms with Crippen molar-refractivity contribution >= 4 is 17.4 Å². The van der Waals surface area contributed by atoms with Gasteiger partial charge in [0.05, 0.1) is 0 Å². The molecule has 2 aromatic rings. The number of halogens is 1. The molecule has 6 nitrogen and oxygen atoms in total. The highest BCUT2D eigenvalue weighted by atomic mass is 35.5. The van der Waals surface area contributed by atoms with Crippen LogP contribution in [0.25, 0.3) is 0 Å². The predicted octanol–water partition coefficient (Wildman–Crippen LogP) is 2.50. The van der Waals surface area contributed by atoms with Crippen LogP contribution < -0.4 is 4.74 Å². The van der Waals surface area contributed by atoms with Crippen molar-refractivity contribution in [1.82, 2.24) is 14.8 Å². The van der Waals surface area contributed by atoms with Gasteiger partial charge in [-0.3, -0.25) is 4.79 Å². The normalized spacial score (nSPS) is 13.0. The Balaban J connectivity index is 2.29. The molecule has 0 bridgehead atoms. The number of hydrogen-bond acceptors (Lipinski definition) is 5. The van der Waals surface area contributed by atoms with E-state index in [1.54, 1.807) is 38.1 Å². The van der Waals surface area contributed by atoms with Gasteiger partial charge < -0.3 is 9.47 Å². The molecule has 2 rings (SSSR count). The van der Waals surface area contributed by atoms with Gasteiger partial charge >= 0.3 is 0 Å². The molecule has 0 saturated heterocycles. The lowest BCUT2D eigenvalue weighted by atomic mass is 10.0. The van der Waals surface area contributed by atoms with Crippen LogP contribution in [-0.4, -0.2) is 33.3 Å². The van der Waals surface area contributed by atoms with Gasteiger partial charge in [-0.15, -0.1) is 0 Å². The Labute approximate surface area is 127 Å². The third kappa shape index (κ3) is 3.59. The number of carbonyl (C=O) groups is 1. The smallest absolute Gasteiger partial charge is 0.254 e. The zero-order chi connectivity index (χ0) is 15.5. The number of carbonyl (C=O) groups excluding carboxylic acids is 1. The van der Waals surface area contributed by atoms with Crippen LogP contribution in [0.5, 0.6) is 5.75 Å². The first kappa shape index (κ1) is 15.5. The number of nitrogens with zero attached hydrogens (tertiary/aromatic N) is 3. The highest BCUT2D eigenvalue weighted by Crippen LogP contribution is 2.24. The summed E-state index contributed by atoms with van der Waals surface area (Å²) in [6.07, 6.45) is 1.79. The van der Waals surface area contributed by atoms with E-state index >= 15 is 0 Å². The Bertz CT molecular complexity index is 596. The number of benzene rings is 1. The first-order valence-corrected chi connectivity index (χ1v) is 6.67. The fourth-order valence-electron chi connectivity index (χ4n) is 1.61. The second-order valence-electron chi connectivity index (χ2n) is 4.88. The van der Waals surface area contributed by atoms with Crippen LogP contribution in [-0.2, 0) is 9.53 Å². The van der Waals surface area contributed by atoms with Crippen LogP contribution in [0.3, 0.4) is 0 Å². The first-order chi connectivity index (χ1) is 9.94. The zero-order valence-electron chi connectivity index (χ0n) is 12.0. The molecule has 1 unspecified atom stereocenters. The van der Waals surface area contributed by atoms with E-state index in [-0.39, 0.29) is 5.78 Å². The summed E-state index contributed by atoms with van der Waals surface area (Å²) in [7, 11) is 1.47. The summed E-state index contributed by atoms with van der Waals surface area (Å²) < 4.78 is 12.3. The van der Waals surface area contributed by atoms with Gasteiger partial charge in [-0.1, -0.05) is 11.6 Å². The molecule has 7 heteroatoms. The molecule has 1 aromatic carbocycles. The number of methoxy groups -OCH3 is 1. The molecule has 21 heavy (non-hydrogen) atoms. The fraction of sp³-hybridized carbons (Fsp3) is 0.357. The van der Waals surface area contributed by atoms with Crippen LogP contribution in [0.1, 0.15) is 20.1 Å². The van der Waals surface area contributed by atoms with Gasteiger partial charge in [-0.05, 0) is 38.1 Å². The van der Waals surface area contributed by atoms with E-state index in [2.05, 4.69) is 10.1 Å². The summed E-state index contributed by atoms with van der Waals surface area (Å²) in [5.41, 5.74) is -1.01. The van der Waals surface area contributed by atoms with Crippen molar-refractivity contribution in [3.63, 3.8) is 0 Å². The van der Waals surface area contributed by atoms with E-state index in [4.69, 9.17) is 21.1 Å². The summed E-state index contributed by atoms with van der Waals surface area (Å²) in [6, 6.07) is 6.72. The minimum absolute atomic E-state index is 0.273. The standard InChI is InChI=1S/C14H16ClN3O3/c1-14(2,20-3)12(19)13(18-9-16-8-17-18)21-11-6-4-10(15)5-7-11/h4-9,13H,1-3H3. The van der Waals surface area contributed by atoms with E-state index < -0.39 is 11.8 Å². The Hall–Kier alpha value is -1.92. The lowest BCUT2D eigenvalue weighted by Gasteiger charge is -2.27. The molecule has 1 heterocycles. The van der Waals surface area contributed by atoms with E-state index in [0.29, 0.717) is 10.8 Å². The van der Waals surface area contributed by atoms with Gasteiger partial charge in [-0.25, -0.2) is 9.67 Å². The predicted molar refractivity (Wildman–Crippen MR) is 77.2 cm³/mol. The van der Waals surface area contributed by atoms with Crippen molar-refractivity contribution in [2.75, 3.05) is 7.11 Å². The summed E-state index contributed by atoms with van der Waals surface area (Å²) in [6.45, 7) is 3.34. The van der Waals surface area contributed by atoms with E-state index in [1.165, 1.54) is 24.4 Å². The summed E-state index contributed by atoms with van der Waals surface area (Å²) >= 11 is 5.84. The quantitative estimate of drug-likeness (QED) is 0.820. The molecule has 0 amide bonds. The molecule has 0 aliphatic heterocycles. The molecule has 0 aliphatic carbocycles. The second kappa shape index (κ2) is 6.24. The van der Waals surface area contributed by atoms with Crippen LogP contribution in [0.15, 0.2) is 36.9 Å². The largest absolute Gasteiger partial charge is 0.461 e. The van der Waals surface area contributed by atoms with Crippen molar-refractivity contribution < 1.29 is 14.3 Å². The maximum atomic E-state index is 12.6. The molecule has 0 fully saturated rings. The monoisotopic (exact) mass is 309 g/mol. The Kier molecular flexibility index (Phi) is 4.59. The molecule has 0 aliphatic rings. The average molecular weight is 310 g/mol. The van der Waals surface area contributed by atoms with Crippen molar-refractivity contribution in [3.05, 3.63) is 41.9 Å². The molecule has 0 saturated carbocycles. The third-order valence-electron chi connectivity index (χ3n) is 3.07. The van der Waals surface area contributed by atoms with Crippen molar-refractivity contribution in [1.29, 1.82) is 0 Å². The topological polar surface area (TPSA) is 66.2 Å². The molecule has 0 spiro atoms. The maximum Gasteiger partial charge on any atom is 0.254 e. The van der Waals surface area contributed by atoms with Crippen LogP contribution in [0, 0.1) is 0 Å². The minimum Gasteiger partial charge on any atom is -0.461 e. The molecular formula is C14H16ClN3O3. The molecule has 1 atom stereocenters. The van der Waals surface area contributed by atoms with Gasteiger partial charge in [0, 0.05) is 12.1 Å². The highest BCUT2D eigenvalue weighted by molar-refractivity contribution is 6.30. The third-order valence-corrected chi connectivity index (χ3v) is 3.32. The minimum atomic E-state index is -1.01. The number of rotatable bonds is 6. The second-order valence-corrected chi connectivity index (χ2v) is 5.31. The van der Waals surface area contributed by atoms with Crippen molar-refractivity contribution in [2.45, 2.75) is 25.7 Å². The van der Waals surface area contributed by atoms with Gasteiger partial charge in [0.1, 0.15) is 24.0 Å². The fourth-order valence-corrected chi connectivity index (χ4v) is 1.73. The zero-order valence-corrected chi connectivity index (χ0v) is 12.7. The number of aromatic nitrogens is 3. The lowest BCUT2D eigenvalue weighted by molar-refractivity contribution is -0.149. The molecule has 0 radical (unpaired) electrons. The van der Waals surface area contributed by atoms with E-state index in [0.717, 1.165) is 0 Å². The highest BCUT2D eigenvalue weighted by Gasteiger charge is 2.37. The van der Waals surface area contributed by atoms with Gasteiger partial charge in [0.25, 0.3) is 6.23 Å². The van der Waals surface area contributed by atoms with Gasteiger partial charge in [0.2, 0.25) is 5.78 Å². The molecule has 112 valence electrons. The lowest BCUT2D eigenvalue weighted by Crippen LogP contribution is -2.42. The summed E-state index contributed by atoms with van der Waals surface area (Å²) in [4.78, 5) is 16.4. The summed E-state index contributed by atoms with van der Waals surface area (Å²) in [5.74, 6) is 0.227. The Morgan fingerprint density at radius 3 is 2.52 bits per heavy atom. The molecule has 1 aromatic heterocycles. The van der Waals surface area contributed by atoms with Crippen LogP contribution >= 0.6 is 11.6 Å². The van der Waals surface area contributed by atoms with E-state index in [1.807, 2.05) is 0 Å². The SMILES string of the molecule is COC(C)(C)C(=O)C(Oc1ccc(Cl)cc1)n1cncn1. The number of hydrogen-bond donors (Lipinski definition) is 0. The average Bonchev–Trinajstić information content (AvgIpc) is 3.00. The van der Waals surface area contributed by atoms with Crippen LogP contribution in [0.4, 0.5) is 0 Å². The maximum absolute atomic E-state index is 12.6. The van der Waals surface area contributed by atoms with Gasteiger partial charge in [-0.2, -0.15) is 5.10 Å². The Morgan fingerprint density at radius 1 is 1.33 bits per heavy atom.